The van der Waals surface area contributed by atoms with E-state index < -0.39 is 11.6 Å². The molecule has 0 spiro atoms. The maximum atomic E-state index is 11.5. The lowest BCUT2D eigenvalue weighted by Crippen LogP contribution is -2.15. The van der Waals surface area contributed by atoms with E-state index in [0.29, 0.717) is 11.3 Å². The van der Waals surface area contributed by atoms with E-state index in [2.05, 4.69) is 0 Å². The Morgan fingerprint density at radius 1 is 1.40 bits per heavy atom. The molecule has 0 fully saturated rings. The fraction of sp³-hybridized carbons (Fsp3) is 0.273. The molecule has 0 saturated carbocycles. The van der Waals surface area contributed by atoms with Gasteiger partial charge >= 0.3 is 0 Å². The van der Waals surface area contributed by atoms with Crippen molar-refractivity contribution in [2.45, 2.75) is 6.92 Å². The van der Waals surface area contributed by atoms with Crippen molar-refractivity contribution in [2.75, 3.05) is 13.0 Å². The Kier molecular flexibility index (Phi) is 3.86. The molecule has 0 N–H and O–H groups in total. The molecule has 0 bridgehead atoms. The van der Waals surface area contributed by atoms with Gasteiger partial charge in [-0.15, -0.1) is 11.6 Å². The summed E-state index contributed by atoms with van der Waals surface area (Å²) in [6, 6.07) is 4.83. The summed E-state index contributed by atoms with van der Waals surface area (Å²) in [5.74, 6) is -0.758. The molecule has 0 aliphatic rings. The number of rotatable bonds is 4. The van der Waals surface area contributed by atoms with Crippen LogP contribution in [0.25, 0.3) is 0 Å². The first-order valence-corrected chi connectivity index (χ1v) is 4.91. The fourth-order valence-electron chi connectivity index (χ4n) is 1.24. The molecule has 1 rings (SSSR count). The molecule has 3 nitrogen and oxygen atoms in total. The van der Waals surface area contributed by atoms with E-state index >= 15 is 0 Å². The lowest BCUT2D eigenvalue weighted by atomic mass is 10.1. The standard InChI is InChI=1S/C11H11ClO3/c1-7-5-8(3-4-10(7)15-2)11(14)9(13)6-12/h3-5H,6H2,1-2H3. The van der Waals surface area contributed by atoms with Crippen molar-refractivity contribution in [3.05, 3.63) is 29.3 Å². The number of methoxy groups -OCH3 is 1. The van der Waals surface area contributed by atoms with Crippen molar-refractivity contribution < 1.29 is 14.3 Å². The van der Waals surface area contributed by atoms with Gasteiger partial charge in [-0.3, -0.25) is 9.59 Å². The molecule has 1 aromatic carbocycles. The molecule has 0 saturated heterocycles. The van der Waals surface area contributed by atoms with Crippen LogP contribution in [0.2, 0.25) is 0 Å². The van der Waals surface area contributed by atoms with Crippen LogP contribution in [0.5, 0.6) is 5.75 Å². The van der Waals surface area contributed by atoms with Gasteiger partial charge in [-0.25, -0.2) is 0 Å². The van der Waals surface area contributed by atoms with Gasteiger partial charge in [0.1, 0.15) is 5.75 Å². The van der Waals surface area contributed by atoms with Gasteiger partial charge in [-0.2, -0.15) is 0 Å². The van der Waals surface area contributed by atoms with Gasteiger partial charge in [0.2, 0.25) is 11.6 Å². The van der Waals surface area contributed by atoms with E-state index in [4.69, 9.17) is 16.3 Å². The average Bonchev–Trinajstić information content (AvgIpc) is 2.26. The molecule has 0 unspecified atom stereocenters. The minimum absolute atomic E-state index is 0.288. The van der Waals surface area contributed by atoms with E-state index in [1.165, 1.54) is 0 Å². The summed E-state index contributed by atoms with van der Waals surface area (Å²) in [7, 11) is 1.55. The summed E-state index contributed by atoms with van der Waals surface area (Å²) >= 11 is 5.30. The zero-order valence-electron chi connectivity index (χ0n) is 8.54. The van der Waals surface area contributed by atoms with E-state index in [-0.39, 0.29) is 5.88 Å². The summed E-state index contributed by atoms with van der Waals surface area (Å²) in [5.41, 5.74) is 1.16. The summed E-state index contributed by atoms with van der Waals surface area (Å²) in [6.07, 6.45) is 0. The van der Waals surface area contributed by atoms with Crippen LogP contribution in [0, 0.1) is 6.92 Å². The van der Waals surface area contributed by atoms with Gasteiger partial charge in [0.05, 0.1) is 13.0 Å². The second-order valence-electron chi connectivity index (χ2n) is 3.07. The molecule has 0 aliphatic carbocycles. The molecule has 0 aromatic heterocycles. The van der Waals surface area contributed by atoms with Crippen LogP contribution in [-0.2, 0) is 4.79 Å². The minimum Gasteiger partial charge on any atom is -0.496 e. The Morgan fingerprint density at radius 2 is 2.07 bits per heavy atom. The average molecular weight is 227 g/mol. The van der Waals surface area contributed by atoms with Gasteiger partial charge in [-0.05, 0) is 30.7 Å². The molecule has 80 valence electrons. The molecule has 15 heavy (non-hydrogen) atoms. The van der Waals surface area contributed by atoms with Crippen molar-refractivity contribution >= 4 is 23.2 Å². The van der Waals surface area contributed by atoms with Crippen LogP contribution in [0.3, 0.4) is 0 Å². The van der Waals surface area contributed by atoms with E-state index in [0.717, 1.165) is 5.56 Å². The Balaban J connectivity index is 3.02. The van der Waals surface area contributed by atoms with E-state index in [1.807, 2.05) is 0 Å². The predicted molar refractivity (Wildman–Crippen MR) is 57.8 cm³/mol. The van der Waals surface area contributed by atoms with Crippen molar-refractivity contribution in [1.82, 2.24) is 0 Å². The Hall–Kier alpha value is -1.35. The highest BCUT2D eigenvalue weighted by molar-refractivity contribution is 6.51. The fourth-order valence-corrected chi connectivity index (χ4v) is 1.36. The maximum Gasteiger partial charge on any atom is 0.229 e. The Morgan fingerprint density at radius 3 is 2.53 bits per heavy atom. The molecule has 1 aromatic rings. The van der Waals surface area contributed by atoms with Gasteiger partial charge in [0, 0.05) is 5.56 Å². The van der Waals surface area contributed by atoms with Gasteiger partial charge in [0.25, 0.3) is 0 Å². The highest BCUT2D eigenvalue weighted by Crippen LogP contribution is 2.18. The molecular weight excluding hydrogens is 216 g/mol. The number of halogens is 1. The normalized spacial score (nSPS) is 9.80. The van der Waals surface area contributed by atoms with Crippen molar-refractivity contribution in [1.29, 1.82) is 0 Å². The lowest BCUT2D eigenvalue weighted by molar-refractivity contribution is -0.112. The van der Waals surface area contributed by atoms with Crippen LogP contribution < -0.4 is 4.74 Å². The number of hydrogen-bond donors (Lipinski definition) is 0. The number of alkyl halides is 1. The first-order chi connectivity index (χ1) is 7.10. The molecular formula is C11H11ClO3. The van der Waals surface area contributed by atoms with E-state index in [9.17, 15) is 9.59 Å². The predicted octanol–water partition coefficient (Wildman–Crippen LogP) is 1.99. The number of benzene rings is 1. The van der Waals surface area contributed by atoms with Crippen molar-refractivity contribution in [2.24, 2.45) is 0 Å². The molecule has 0 radical (unpaired) electrons. The molecule has 4 heteroatoms. The summed E-state index contributed by atoms with van der Waals surface area (Å²) < 4.78 is 5.04. The molecule has 0 heterocycles. The number of carbonyl (C=O) groups excluding carboxylic acids is 2. The molecule has 0 atom stereocenters. The number of carbonyl (C=O) groups is 2. The SMILES string of the molecule is COc1ccc(C(=O)C(=O)CCl)cc1C. The topological polar surface area (TPSA) is 43.4 Å². The quantitative estimate of drug-likeness (QED) is 0.448. The van der Waals surface area contributed by atoms with E-state index in [1.54, 1.807) is 32.2 Å². The number of ether oxygens (including phenoxy) is 1. The van der Waals surface area contributed by atoms with Crippen molar-refractivity contribution in [3.63, 3.8) is 0 Å². The zero-order chi connectivity index (χ0) is 11.4. The maximum absolute atomic E-state index is 11.5. The van der Waals surface area contributed by atoms with Crippen LogP contribution in [0.4, 0.5) is 0 Å². The second-order valence-corrected chi connectivity index (χ2v) is 3.34. The number of hydrogen-bond acceptors (Lipinski definition) is 3. The first kappa shape index (κ1) is 11.7. The highest BCUT2D eigenvalue weighted by Gasteiger charge is 2.15. The number of ketones is 2. The third-order valence-electron chi connectivity index (χ3n) is 2.03. The third-order valence-corrected chi connectivity index (χ3v) is 2.27. The lowest BCUT2D eigenvalue weighted by Gasteiger charge is -2.05. The van der Waals surface area contributed by atoms with Gasteiger partial charge < -0.3 is 4.74 Å². The zero-order valence-corrected chi connectivity index (χ0v) is 9.30. The third kappa shape index (κ3) is 2.57. The summed E-state index contributed by atoms with van der Waals surface area (Å²) in [5, 5.41) is 0. The summed E-state index contributed by atoms with van der Waals surface area (Å²) in [4.78, 5) is 22.5. The van der Waals surface area contributed by atoms with Crippen molar-refractivity contribution in [3.8, 4) is 5.75 Å². The van der Waals surface area contributed by atoms with Gasteiger partial charge in [-0.1, -0.05) is 0 Å². The van der Waals surface area contributed by atoms with Crippen LogP contribution in [0.1, 0.15) is 15.9 Å². The monoisotopic (exact) mass is 226 g/mol. The Bertz CT molecular complexity index is 399. The molecule has 0 aliphatic heterocycles. The second kappa shape index (κ2) is 4.94. The smallest absolute Gasteiger partial charge is 0.229 e. The highest BCUT2D eigenvalue weighted by atomic mass is 35.5. The number of Topliss-reactive ketones (excluding diaryl/α,β-unsaturated/α-hetero) is 2. The first-order valence-electron chi connectivity index (χ1n) is 4.38. The van der Waals surface area contributed by atoms with Crippen LogP contribution >= 0.6 is 11.6 Å². The van der Waals surface area contributed by atoms with Gasteiger partial charge in [0.15, 0.2) is 0 Å². The largest absolute Gasteiger partial charge is 0.496 e. The van der Waals surface area contributed by atoms with Crippen LogP contribution in [0.15, 0.2) is 18.2 Å². The summed E-state index contributed by atoms with van der Waals surface area (Å²) in [6.45, 7) is 1.81. The Labute approximate surface area is 93.0 Å². The number of aryl methyl sites for hydroxylation is 1. The van der Waals surface area contributed by atoms with Crippen LogP contribution in [-0.4, -0.2) is 24.6 Å². The molecule has 0 amide bonds. The minimum atomic E-state index is -0.596.